The molecule has 1 heterocycles. The number of hydrogen-bond donors (Lipinski definition) is 2. The molecule has 3 nitrogen and oxygen atoms in total. The fourth-order valence-corrected chi connectivity index (χ4v) is 4.05. The molecule has 3 rings (SSSR count). The second kappa shape index (κ2) is 5.96. The van der Waals surface area contributed by atoms with Crippen molar-refractivity contribution < 1.29 is 9.84 Å². The van der Waals surface area contributed by atoms with Gasteiger partial charge in [-0.3, -0.25) is 0 Å². The lowest BCUT2D eigenvalue weighted by atomic mass is 9.69. The minimum absolute atomic E-state index is 0. The maximum absolute atomic E-state index is 9.23. The van der Waals surface area contributed by atoms with Gasteiger partial charge in [-0.1, -0.05) is 24.3 Å². The third-order valence-electron chi connectivity index (χ3n) is 4.86. The largest absolute Gasteiger partial charge is 0.395 e. The first kappa shape index (κ1) is 15.0. The van der Waals surface area contributed by atoms with Gasteiger partial charge in [-0.2, -0.15) is 0 Å². The smallest absolute Gasteiger partial charge is 0.0771 e. The number of rotatable bonds is 3. The SMILES string of the molecule is Cl.NC(CO)CC12CC=CCC1C1CC=CCC1O2. The first-order valence-electron chi connectivity index (χ1n) is 7.09. The Hall–Kier alpha value is -0.350. The van der Waals surface area contributed by atoms with Crippen molar-refractivity contribution in [2.24, 2.45) is 17.6 Å². The minimum Gasteiger partial charge on any atom is -0.395 e. The Morgan fingerprint density at radius 2 is 1.95 bits per heavy atom. The third kappa shape index (κ3) is 2.62. The highest BCUT2D eigenvalue weighted by Gasteiger charge is 2.54. The molecule has 5 atom stereocenters. The molecule has 1 aliphatic heterocycles. The molecule has 0 aromatic carbocycles. The number of nitrogens with two attached hydrogens (primary N) is 1. The summed E-state index contributed by atoms with van der Waals surface area (Å²) >= 11 is 0. The molecular formula is C15H24ClNO2. The molecule has 19 heavy (non-hydrogen) atoms. The van der Waals surface area contributed by atoms with Crippen LogP contribution < -0.4 is 5.73 Å². The molecule has 0 aromatic heterocycles. The van der Waals surface area contributed by atoms with Gasteiger partial charge in [-0.05, 0) is 43.9 Å². The minimum atomic E-state index is -0.160. The molecule has 1 fully saturated rings. The van der Waals surface area contributed by atoms with E-state index < -0.39 is 0 Å². The molecule has 1 saturated heterocycles. The van der Waals surface area contributed by atoms with Crippen LogP contribution in [0.3, 0.4) is 0 Å². The zero-order valence-electron chi connectivity index (χ0n) is 11.2. The van der Waals surface area contributed by atoms with Crippen LogP contribution in [0.25, 0.3) is 0 Å². The van der Waals surface area contributed by atoms with Crippen molar-refractivity contribution in [2.45, 2.75) is 49.9 Å². The second-order valence-electron chi connectivity index (χ2n) is 5.99. The standard InChI is InChI=1S/C15H23NO2.ClH/c16-11(10-17)9-15-8-4-3-6-13(15)12-5-1-2-7-14(12)18-15;/h1-4,11-14,17H,5-10,16H2;1H. The van der Waals surface area contributed by atoms with Crippen molar-refractivity contribution in [3.8, 4) is 0 Å². The van der Waals surface area contributed by atoms with Crippen molar-refractivity contribution in [1.82, 2.24) is 0 Å². The van der Waals surface area contributed by atoms with Crippen molar-refractivity contribution in [1.29, 1.82) is 0 Å². The lowest BCUT2D eigenvalue weighted by molar-refractivity contribution is -0.0701. The van der Waals surface area contributed by atoms with Crippen LogP contribution in [0.15, 0.2) is 24.3 Å². The van der Waals surface area contributed by atoms with E-state index in [1.54, 1.807) is 0 Å². The lowest BCUT2D eigenvalue weighted by Crippen LogP contribution is -2.44. The Labute approximate surface area is 121 Å². The summed E-state index contributed by atoms with van der Waals surface area (Å²) in [6.07, 6.45) is 14.4. The summed E-state index contributed by atoms with van der Waals surface area (Å²) in [7, 11) is 0. The van der Waals surface area contributed by atoms with Gasteiger partial charge >= 0.3 is 0 Å². The van der Waals surface area contributed by atoms with E-state index in [1.165, 1.54) is 0 Å². The van der Waals surface area contributed by atoms with E-state index in [1.807, 2.05) is 0 Å². The molecule has 3 aliphatic rings. The molecule has 3 N–H and O–H groups in total. The van der Waals surface area contributed by atoms with E-state index in [0.717, 1.165) is 32.1 Å². The van der Waals surface area contributed by atoms with Crippen molar-refractivity contribution in [3.05, 3.63) is 24.3 Å². The summed E-state index contributed by atoms with van der Waals surface area (Å²) in [5, 5.41) is 9.23. The maximum atomic E-state index is 9.23. The number of aliphatic hydroxyl groups excluding tert-OH is 1. The van der Waals surface area contributed by atoms with Crippen LogP contribution in [-0.2, 0) is 4.74 Å². The summed E-state index contributed by atoms with van der Waals surface area (Å²) in [5.41, 5.74) is 5.86. The second-order valence-corrected chi connectivity index (χ2v) is 5.99. The Balaban J connectivity index is 0.00000133. The van der Waals surface area contributed by atoms with Gasteiger partial charge in [0.2, 0.25) is 0 Å². The maximum Gasteiger partial charge on any atom is 0.0771 e. The van der Waals surface area contributed by atoms with E-state index in [4.69, 9.17) is 10.5 Å². The summed E-state index contributed by atoms with van der Waals surface area (Å²) in [4.78, 5) is 0. The summed E-state index contributed by atoms with van der Waals surface area (Å²) < 4.78 is 6.44. The van der Waals surface area contributed by atoms with E-state index in [9.17, 15) is 5.11 Å². The Morgan fingerprint density at radius 1 is 1.21 bits per heavy atom. The van der Waals surface area contributed by atoms with Gasteiger partial charge in [0, 0.05) is 6.04 Å². The van der Waals surface area contributed by atoms with Crippen LogP contribution in [0.5, 0.6) is 0 Å². The highest BCUT2D eigenvalue weighted by atomic mass is 35.5. The van der Waals surface area contributed by atoms with Gasteiger partial charge < -0.3 is 15.6 Å². The summed E-state index contributed by atoms with van der Waals surface area (Å²) in [5.74, 6) is 1.22. The topological polar surface area (TPSA) is 55.5 Å². The number of fused-ring (bicyclic) bond motifs is 3. The number of halogens is 1. The molecule has 0 amide bonds. The van der Waals surface area contributed by atoms with Gasteiger partial charge in [0.1, 0.15) is 0 Å². The quantitative estimate of drug-likeness (QED) is 0.782. The van der Waals surface area contributed by atoms with Gasteiger partial charge in [-0.15, -0.1) is 12.4 Å². The summed E-state index contributed by atoms with van der Waals surface area (Å²) in [6, 6.07) is -0.160. The van der Waals surface area contributed by atoms with Crippen LogP contribution in [0.4, 0.5) is 0 Å². The Kier molecular flexibility index (Phi) is 4.72. The predicted molar refractivity (Wildman–Crippen MR) is 78.3 cm³/mol. The first-order chi connectivity index (χ1) is 8.75. The summed E-state index contributed by atoms with van der Waals surface area (Å²) in [6.45, 7) is 0.0507. The fraction of sp³-hybridized carbons (Fsp3) is 0.733. The molecule has 5 unspecified atom stereocenters. The number of allylic oxidation sites excluding steroid dienone is 2. The lowest BCUT2D eigenvalue weighted by Gasteiger charge is -2.38. The van der Waals surface area contributed by atoms with Gasteiger partial charge in [0.15, 0.2) is 0 Å². The van der Waals surface area contributed by atoms with Gasteiger partial charge in [-0.25, -0.2) is 0 Å². The Bertz CT molecular complexity index is 371. The van der Waals surface area contributed by atoms with E-state index in [-0.39, 0.29) is 30.7 Å². The van der Waals surface area contributed by atoms with Crippen LogP contribution in [0, 0.1) is 11.8 Å². The monoisotopic (exact) mass is 285 g/mol. The van der Waals surface area contributed by atoms with Crippen molar-refractivity contribution >= 4 is 12.4 Å². The molecule has 2 aliphatic carbocycles. The first-order valence-corrected chi connectivity index (χ1v) is 7.09. The molecule has 4 heteroatoms. The molecule has 108 valence electrons. The third-order valence-corrected chi connectivity index (χ3v) is 4.86. The van der Waals surface area contributed by atoms with E-state index in [0.29, 0.717) is 17.9 Å². The highest BCUT2D eigenvalue weighted by Crippen LogP contribution is 2.52. The van der Waals surface area contributed by atoms with Crippen LogP contribution in [0.2, 0.25) is 0 Å². The Morgan fingerprint density at radius 3 is 2.74 bits per heavy atom. The molecule has 0 spiro atoms. The molecule has 0 aromatic rings. The molecule has 0 saturated carbocycles. The highest BCUT2D eigenvalue weighted by molar-refractivity contribution is 5.85. The number of aliphatic hydroxyl groups is 1. The van der Waals surface area contributed by atoms with Crippen molar-refractivity contribution in [3.63, 3.8) is 0 Å². The van der Waals surface area contributed by atoms with E-state index in [2.05, 4.69) is 24.3 Å². The van der Waals surface area contributed by atoms with Crippen LogP contribution >= 0.6 is 12.4 Å². The molecule has 0 bridgehead atoms. The normalized spacial score (nSPS) is 41.3. The molecule has 0 radical (unpaired) electrons. The zero-order valence-corrected chi connectivity index (χ0v) is 12.0. The average Bonchev–Trinajstić information content (AvgIpc) is 2.72. The predicted octanol–water partition coefficient (Wildman–Crippen LogP) is 2.19. The number of hydrogen-bond acceptors (Lipinski definition) is 3. The van der Waals surface area contributed by atoms with Gasteiger partial charge in [0.05, 0.1) is 18.3 Å². The zero-order chi connectivity index (χ0) is 12.6. The van der Waals surface area contributed by atoms with Crippen LogP contribution in [0.1, 0.15) is 32.1 Å². The number of ether oxygens (including phenoxy) is 1. The average molecular weight is 286 g/mol. The van der Waals surface area contributed by atoms with Crippen molar-refractivity contribution in [2.75, 3.05) is 6.61 Å². The molecular weight excluding hydrogens is 262 g/mol. The van der Waals surface area contributed by atoms with Gasteiger partial charge in [0.25, 0.3) is 0 Å². The van der Waals surface area contributed by atoms with E-state index >= 15 is 0 Å². The fourth-order valence-electron chi connectivity index (χ4n) is 4.05. The van der Waals surface area contributed by atoms with Crippen LogP contribution in [-0.4, -0.2) is 29.5 Å².